The predicted octanol–water partition coefficient (Wildman–Crippen LogP) is 1.21. The monoisotopic (exact) mass is 186 g/mol. The van der Waals surface area contributed by atoms with Crippen molar-refractivity contribution in [2.24, 2.45) is 17.8 Å². The van der Waals surface area contributed by atoms with Gasteiger partial charge in [0.2, 0.25) is 0 Å². The first-order valence-corrected chi connectivity index (χ1v) is 4.51. The van der Waals surface area contributed by atoms with Gasteiger partial charge in [-0.05, 0) is 18.8 Å². The van der Waals surface area contributed by atoms with E-state index in [1.807, 2.05) is 6.92 Å². The summed E-state index contributed by atoms with van der Waals surface area (Å²) in [4.78, 5) is 21.4. The van der Waals surface area contributed by atoms with Gasteiger partial charge >= 0.3 is 11.9 Å². The fraction of sp³-hybridized carbons (Fsp3) is 0.778. The lowest BCUT2D eigenvalue weighted by Crippen LogP contribution is -2.17. The molecule has 0 aromatic rings. The van der Waals surface area contributed by atoms with Gasteiger partial charge in [0.15, 0.2) is 0 Å². The molecule has 0 spiro atoms. The summed E-state index contributed by atoms with van der Waals surface area (Å²) in [6.45, 7) is 1.91. The molecule has 4 nitrogen and oxygen atoms in total. The van der Waals surface area contributed by atoms with Crippen molar-refractivity contribution >= 4 is 11.9 Å². The number of carboxylic acids is 2. The number of rotatable bonds is 3. The fourth-order valence-corrected chi connectivity index (χ4v) is 2.08. The molecule has 0 saturated heterocycles. The van der Waals surface area contributed by atoms with Crippen molar-refractivity contribution in [1.29, 1.82) is 0 Å². The first-order valence-electron chi connectivity index (χ1n) is 4.51. The third kappa shape index (κ3) is 1.99. The first-order chi connectivity index (χ1) is 6.06. The minimum absolute atomic E-state index is 0.0404. The Balaban J connectivity index is 2.66. The first kappa shape index (κ1) is 10.0. The SMILES string of the molecule is CC[C@@H]1C[C@H](C(=O)O)C[C@@H]1C(=O)O. The summed E-state index contributed by atoms with van der Waals surface area (Å²) >= 11 is 0. The molecular weight excluding hydrogens is 172 g/mol. The van der Waals surface area contributed by atoms with Crippen LogP contribution in [0.3, 0.4) is 0 Å². The molecule has 1 rings (SSSR count). The molecular formula is C9H14O4. The van der Waals surface area contributed by atoms with Gasteiger partial charge in [0.1, 0.15) is 0 Å². The highest BCUT2D eigenvalue weighted by Crippen LogP contribution is 2.38. The van der Waals surface area contributed by atoms with Gasteiger partial charge < -0.3 is 10.2 Å². The van der Waals surface area contributed by atoms with Crippen molar-refractivity contribution in [1.82, 2.24) is 0 Å². The summed E-state index contributed by atoms with van der Waals surface area (Å²) in [5, 5.41) is 17.6. The maximum atomic E-state index is 10.7. The van der Waals surface area contributed by atoms with Crippen LogP contribution in [0.2, 0.25) is 0 Å². The van der Waals surface area contributed by atoms with Crippen LogP contribution < -0.4 is 0 Å². The van der Waals surface area contributed by atoms with E-state index in [0.29, 0.717) is 12.8 Å². The highest BCUT2D eigenvalue weighted by molar-refractivity contribution is 5.75. The van der Waals surface area contributed by atoms with E-state index in [4.69, 9.17) is 10.2 Å². The van der Waals surface area contributed by atoms with Crippen LogP contribution in [-0.4, -0.2) is 22.2 Å². The zero-order valence-corrected chi connectivity index (χ0v) is 7.56. The highest BCUT2D eigenvalue weighted by Gasteiger charge is 2.40. The van der Waals surface area contributed by atoms with E-state index >= 15 is 0 Å². The summed E-state index contributed by atoms with van der Waals surface area (Å²) in [7, 11) is 0. The quantitative estimate of drug-likeness (QED) is 0.694. The average Bonchev–Trinajstić information content (AvgIpc) is 2.47. The van der Waals surface area contributed by atoms with Crippen LogP contribution >= 0.6 is 0 Å². The van der Waals surface area contributed by atoms with Crippen LogP contribution in [0, 0.1) is 17.8 Å². The van der Waals surface area contributed by atoms with Gasteiger partial charge in [0.25, 0.3) is 0 Å². The molecule has 1 aliphatic carbocycles. The third-order valence-corrected chi connectivity index (χ3v) is 2.89. The number of aliphatic carboxylic acids is 2. The van der Waals surface area contributed by atoms with Crippen molar-refractivity contribution in [2.45, 2.75) is 26.2 Å². The minimum Gasteiger partial charge on any atom is -0.481 e. The average molecular weight is 186 g/mol. The van der Waals surface area contributed by atoms with E-state index in [-0.39, 0.29) is 5.92 Å². The molecule has 0 aliphatic heterocycles. The lowest BCUT2D eigenvalue weighted by molar-refractivity contribution is -0.143. The van der Waals surface area contributed by atoms with Crippen LogP contribution in [0.4, 0.5) is 0 Å². The smallest absolute Gasteiger partial charge is 0.306 e. The van der Waals surface area contributed by atoms with Crippen LogP contribution in [0.5, 0.6) is 0 Å². The Bertz CT molecular complexity index is 224. The Labute approximate surface area is 76.6 Å². The molecule has 0 radical (unpaired) electrons. The van der Waals surface area contributed by atoms with E-state index in [1.165, 1.54) is 0 Å². The van der Waals surface area contributed by atoms with Crippen molar-refractivity contribution in [3.8, 4) is 0 Å². The Hall–Kier alpha value is -1.06. The molecule has 4 heteroatoms. The Morgan fingerprint density at radius 3 is 2.15 bits per heavy atom. The Morgan fingerprint density at radius 1 is 1.23 bits per heavy atom. The van der Waals surface area contributed by atoms with Gasteiger partial charge in [-0.15, -0.1) is 0 Å². The molecule has 0 aromatic heterocycles. The van der Waals surface area contributed by atoms with Gasteiger partial charge in [-0.25, -0.2) is 0 Å². The molecule has 0 unspecified atom stereocenters. The molecule has 13 heavy (non-hydrogen) atoms. The summed E-state index contributed by atoms with van der Waals surface area (Å²) < 4.78 is 0. The maximum Gasteiger partial charge on any atom is 0.306 e. The lowest BCUT2D eigenvalue weighted by Gasteiger charge is -2.11. The summed E-state index contributed by atoms with van der Waals surface area (Å²) in [5.41, 5.74) is 0. The highest BCUT2D eigenvalue weighted by atomic mass is 16.4. The van der Waals surface area contributed by atoms with E-state index in [0.717, 1.165) is 6.42 Å². The molecule has 74 valence electrons. The summed E-state index contributed by atoms with van der Waals surface area (Å²) in [6.07, 6.45) is 1.56. The second-order valence-corrected chi connectivity index (χ2v) is 3.62. The second kappa shape index (κ2) is 3.77. The van der Waals surface area contributed by atoms with Gasteiger partial charge in [-0.1, -0.05) is 13.3 Å². The van der Waals surface area contributed by atoms with Gasteiger partial charge in [0, 0.05) is 0 Å². The van der Waals surface area contributed by atoms with Crippen molar-refractivity contribution in [2.75, 3.05) is 0 Å². The molecule has 0 amide bonds. The molecule has 0 aromatic carbocycles. The van der Waals surface area contributed by atoms with Crippen molar-refractivity contribution < 1.29 is 19.8 Å². The molecule has 0 bridgehead atoms. The molecule has 2 N–H and O–H groups in total. The van der Waals surface area contributed by atoms with Gasteiger partial charge in [-0.3, -0.25) is 9.59 Å². The normalized spacial score (nSPS) is 33.2. The van der Waals surface area contributed by atoms with Crippen LogP contribution in [-0.2, 0) is 9.59 Å². The van der Waals surface area contributed by atoms with Crippen LogP contribution in [0.25, 0.3) is 0 Å². The molecule has 1 saturated carbocycles. The molecule has 1 aliphatic rings. The topological polar surface area (TPSA) is 74.6 Å². The van der Waals surface area contributed by atoms with Crippen molar-refractivity contribution in [3.63, 3.8) is 0 Å². The zero-order valence-electron chi connectivity index (χ0n) is 7.56. The summed E-state index contributed by atoms with van der Waals surface area (Å²) in [5.74, 6) is -2.58. The predicted molar refractivity (Wildman–Crippen MR) is 45.3 cm³/mol. The number of carbonyl (C=O) groups is 2. The van der Waals surface area contributed by atoms with Crippen molar-refractivity contribution in [3.05, 3.63) is 0 Å². The zero-order chi connectivity index (χ0) is 10.0. The minimum atomic E-state index is -0.859. The van der Waals surface area contributed by atoms with Crippen LogP contribution in [0.15, 0.2) is 0 Å². The lowest BCUT2D eigenvalue weighted by atomic mass is 9.94. The standard InChI is InChI=1S/C9H14O4/c1-2-5-3-6(8(10)11)4-7(5)9(12)13/h5-7H,2-4H2,1H3,(H,10,11)(H,12,13)/t5-,6+,7+/m1/s1. The number of carboxylic acid groups (broad SMARTS) is 2. The molecule has 3 atom stereocenters. The largest absolute Gasteiger partial charge is 0.481 e. The van der Waals surface area contributed by atoms with Gasteiger partial charge in [-0.2, -0.15) is 0 Å². The van der Waals surface area contributed by atoms with E-state index in [9.17, 15) is 9.59 Å². The summed E-state index contributed by atoms with van der Waals surface area (Å²) in [6, 6.07) is 0. The van der Waals surface area contributed by atoms with Crippen LogP contribution in [0.1, 0.15) is 26.2 Å². The molecule has 0 heterocycles. The van der Waals surface area contributed by atoms with Gasteiger partial charge in [0.05, 0.1) is 11.8 Å². The molecule has 1 fully saturated rings. The second-order valence-electron chi connectivity index (χ2n) is 3.62. The number of hydrogen-bond acceptors (Lipinski definition) is 2. The fourth-order valence-electron chi connectivity index (χ4n) is 2.08. The Kier molecular flexibility index (Phi) is 2.90. The number of hydrogen-bond donors (Lipinski definition) is 2. The third-order valence-electron chi connectivity index (χ3n) is 2.89. The maximum absolute atomic E-state index is 10.7. The van der Waals surface area contributed by atoms with E-state index in [2.05, 4.69) is 0 Å². The van der Waals surface area contributed by atoms with E-state index in [1.54, 1.807) is 0 Å². The Morgan fingerprint density at radius 2 is 1.85 bits per heavy atom. The van der Waals surface area contributed by atoms with E-state index < -0.39 is 23.8 Å².